The number of nitrogens with zero attached hydrogens (tertiary/aromatic N) is 2. The Hall–Kier alpha value is -0.650. The Morgan fingerprint density at radius 1 is 1.32 bits per heavy atom. The van der Waals surface area contributed by atoms with E-state index in [1.807, 2.05) is 11.8 Å². The van der Waals surface area contributed by atoms with Gasteiger partial charge in [0.2, 0.25) is 5.91 Å². The smallest absolute Gasteiger partial charge is 0.239 e. The van der Waals surface area contributed by atoms with Crippen molar-refractivity contribution in [3.8, 4) is 0 Å². The van der Waals surface area contributed by atoms with E-state index in [1.54, 1.807) is 0 Å². The first kappa shape index (κ1) is 14.8. The quantitative estimate of drug-likeness (QED) is 0.804. The molecular weight excluding hydrogens is 242 g/mol. The Balaban J connectivity index is 1.93. The Morgan fingerprint density at radius 3 is 2.74 bits per heavy atom. The predicted octanol–water partition coefficient (Wildman–Crippen LogP) is 0.437. The number of morpholine rings is 1. The number of ether oxygens (including phenoxy) is 1. The molecular formula is C14H27N3O2. The second-order valence-electron chi connectivity index (χ2n) is 5.61. The molecule has 2 aliphatic rings. The number of nitrogens with two attached hydrogens (primary N) is 1. The Morgan fingerprint density at radius 2 is 2.05 bits per heavy atom. The fourth-order valence-electron chi connectivity index (χ4n) is 2.95. The molecule has 0 saturated carbocycles. The number of likely N-dealkylation sites (tertiary alicyclic amines) is 1. The standard InChI is InChI=1S/C14H27N3O2/c1-2-13(15)14(18)17-6-4-3-5-12(17)11-16-7-9-19-10-8-16/h12-13H,2-11,15H2,1H3/t12?,13-/m0/s1. The molecule has 0 bridgehead atoms. The van der Waals surface area contributed by atoms with E-state index in [0.29, 0.717) is 6.04 Å². The molecule has 2 saturated heterocycles. The van der Waals surface area contributed by atoms with E-state index < -0.39 is 0 Å². The predicted molar refractivity (Wildman–Crippen MR) is 74.9 cm³/mol. The highest BCUT2D eigenvalue weighted by atomic mass is 16.5. The summed E-state index contributed by atoms with van der Waals surface area (Å²) in [5.74, 6) is 0.139. The van der Waals surface area contributed by atoms with Gasteiger partial charge in [0, 0.05) is 32.2 Å². The summed E-state index contributed by atoms with van der Waals surface area (Å²) in [6, 6.07) is 0.0160. The molecule has 5 nitrogen and oxygen atoms in total. The summed E-state index contributed by atoms with van der Waals surface area (Å²) in [4.78, 5) is 16.8. The zero-order chi connectivity index (χ0) is 13.7. The average molecular weight is 269 g/mol. The average Bonchev–Trinajstić information content (AvgIpc) is 2.47. The van der Waals surface area contributed by atoms with Crippen LogP contribution in [0.2, 0.25) is 0 Å². The summed E-state index contributed by atoms with van der Waals surface area (Å²) in [5.41, 5.74) is 5.92. The van der Waals surface area contributed by atoms with Crippen LogP contribution in [0.4, 0.5) is 0 Å². The maximum atomic E-state index is 12.3. The van der Waals surface area contributed by atoms with E-state index in [1.165, 1.54) is 6.42 Å². The molecule has 2 atom stereocenters. The zero-order valence-electron chi connectivity index (χ0n) is 12.0. The van der Waals surface area contributed by atoms with Crippen LogP contribution in [0.3, 0.4) is 0 Å². The number of amides is 1. The Kier molecular flexibility index (Phi) is 5.60. The maximum absolute atomic E-state index is 12.3. The molecule has 1 unspecified atom stereocenters. The largest absolute Gasteiger partial charge is 0.379 e. The van der Waals surface area contributed by atoms with Crippen LogP contribution >= 0.6 is 0 Å². The molecule has 2 aliphatic heterocycles. The van der Waals surface area contributed by atoms with Crippen molar-refractivity contribution in [1.29, 1.82) is 0 Å². The third-order valence-electron chi connectivity index (χ3n) is 4.24. The van der Waals surface area contributed by atoms with Crippen molar-refractivity contribution in [2.24, 2.45) is 5.73 Å². The molecule has 0 aliphatic carbocycles. The minimum absolute atomic E-state index is 0.139. The first-order chi connectivity index (χ1) is 9.22. The highest BCUT2D eigenvalue weighted by Crippen LogP contribution is 2.19. The van der Waals surface area contributed by atoms with E-state index in [4.69, 9.17) is 10.5 Å². The highest BCUT2D eigenvalue weighted by molar-refractivity contribution is 5.82. The van der Waals surface area contributed by atoms with Gasteiger partial charge in [-0.3, -0.25) is 9.69 Å². The lowest BCUT2D eigenvalue weighted by Crippen LogP contribution is -2.55. The summed E-state index contributed by atoms with van der Waals surface area (Å²) in [5, 5.41) is 0. The van der Waals surface area contributed by atoms with E-state index in [-0.39, 0.29) is 11.9 Å². The number of hydrogen-bond acceptors (Lipinski definition) is 4. The number of carbonyl (C=O) groups is 1. The lowest BCUT2D eigenvalue weighted by molar-refractivity contribution is -0.137. The molecule has 2 N–H and O–H groups in total. The summed E-state index contributed by atoms with van der Waals surface area (Å²) in [7, 11) is 0. The van der Waals surface area contributed by atoms with Gasteiger partial charge < -0.3 is 15.4 Å². The van der Waals surface area contributed by atoms with Crippen LogP contribution in [0.25, 0.3) is 0 Å². The van der Waals surface area contributed by atoms with Crippen LogP contribution in [-0.2, 0) is 9.53 Å². The molecule has 5 heteroatoms. The van der Waals surface area contributed by atoms with Crippen molar-refractivity contribution in [3.63, 3.8) is 0 Å². The first-order valence-corrected chi connectivity index (χ1v) is 7.58. The molecule has 0 radical (unpaired) electrons. The van der Waals surface area contributed by atoms with Gasteiger partial charge >= 0.3 is 0 Å². The van der Waals surface area contributed by atoms with Gasteiger partial charge in [-0.2, -0.15) is 0 Å². The fraction of sp³-hybridized carbons (Fsp3) is 0.929. The number of hydrogen-bond donors (Lipinski definition) is 1. The molecule has 2 rings (SSSR count). The minimum atomic E-state index is -0.328. The molecule has 110 valence electrons. The molecule has 2 heterocycles. The molecule has 19 heavy (non-hydrogen) atoms. The molecule has 0 aromatic rings. The van der Waals surface area contributed by atoms with Gasteiger partial charge in [0.05, 0.1) is 19.3 Å². The fourth-order valence-corrected chi connectivity index (χ4v) is 2.95. The number of piperidine rings is 1. The maximum Gasteiger partial charge on any atom is 0.239 e. The Bertz CT molecular complexity index is 292. The second kappa shape index (κ2) is 7.22. The van der Waals surface area contributed by atoms with E-state index >= 15 is 0 Å². The van der Waals surface area contributed by atoms with Gasteiger partial charge in [-0.1, -0.05) is 6.92 Å². The summed E-state index contributed by atoms with van der Waals surface area (Å²) in [6.07, 6.45) is 4.17. The number of carbonyl (C=O) groups excluding carboxylic acids is 1. The molecule has 0 aromatic carbocycles. The molecule has 0 aromatic heterocycles. The van der Waals surface area contributed by atoms with E-state index in [2.05, 4.69) is 4.90 Å². The van der Waals surface area contributed by atoms with Crippen molar-refractivity contribution in [2.75, 3.05) is 39.4 Å². The summed E-state index contributed by atoms with van der Waals surface area (Å²) < 4.78 is 5.38. The first-order valence-electron chi connectivity index (χ1n) is 7.58. The van der Waals surface area contributed by atoms with Crippen molar-refractivity contribution in [2.45, 2.75) is 44.7 Å². The van der Waals surface area contributed by atoms with Gasteiger partial charge in [0.25, 0.3) is 0 Å². The van der Waals surface area contributed by atoms with Crippen LogP contribution in [0.15, 0.2) is 0 Å². The van der Waals surface area contributed by atoms with Crippen molar-refractivity contribution >= 4 is 5.91 Å². The van der Waals surface area contributed by atoms with Crippen LogP contribution in [0, 0.1) is 0 Å². The van der Waals surface area contributed by atoms with Gasteiger partial charge in [-0.15, -0.1) is 0 Å². The topological polar surface area (TPSA) is 58.8 Å². The molecule has 0 spiro atoms. The van der Waals surface area contributed by atoms with Gasteiger partial charge in [0.15, 0.2) is 0 Å². The normalized spacial score (nSPS) is 27.3. The van der Waals surface area contributed by atoms with E-state index in [9.17, 15) is 4.79 Å². The van der Waals surface area contributed by atoms with Gasteiger partial charge in [0.1, 0.15) is 0 Å². The lowest BCUT2D eigenvalue weighted by Gasteiger charge is -2.40. The third-order valence-corrected chi connectivity index (χ3v) is 4.24. The summed E-state index contributed by atoms with van der Waals surface area (Å²) in [6.45, 7) is 7.43. The van der Waals surface area contributed by atoms with Gasteiger partial charge in [-0.25, -0.2) is 0 Å². The van der Waals surface area contributed by atoms with Crippen molar-refractivity contribution < 1.29 is 9.53 Å². The monoisotopic (exact) mass is 269 g/mol. The highest BCUT2D eigenvalue weighted by Gasteiger charge is 2.30. The van der Waals surface area contributed by atoms with E-state index in [0.717, 1.165) is 58.7 Å². The number of rotatable bonds is 4. The Labute approximate surface area is 116 Å². The third kappa shape index (κ3) is 3.91. The minimum Gasteiger partial charge on any atom is -0.379 e. The van der Waals surface area contributed by atoms with Gasteiger partial charge in [-0.05, 0) is 25.7 Å². The summed E-state index contributed by atoms with van der Waals surface area (Å²) >= 11 is 0. The SMILES string of the molecule is CC[C@H](N)C(=O)N1CCCCC1CN1CCOCC1. The molecule has 1 amide bonds. The second-order valence-corrected chi connectivity index (χ2v) is 5.61. The lowest BCUT2D eigenvalue weighted by atomic mass is 10.00. The van der Waals surface area contributed by atoms with Crippen molar-refractivity contribution in [3.05, 3.63) is 0 Å². The zero-order valence-corrected chi connectivity index (χ0v) is 12.0. The van der Waals surface area contributed by atoms with Crippen LogP contribution in [-0.4, -0.2) is 67.2 Å². The van der Waals surface area contributed by atoms with Crippen molar-refractivity contribution in [1.82, 2.24) is 9.80 Å². The molecule has 2 fully saturated rings. The van der Waals surface area contributed by atoms with Crippen LogP contribution in [0.1, 0.15) is 32.6 Å². The van der Waals surface area contributed by atoms with Crippen LogP contribution in [0.5, 0.6) is 0 Å². The van der Waals surface area contributed by atoms with Crippen LogP contribution < -0.4 is 5.73 Å².